The van der Waals surface area contributed by atoms with E-state index in [2.05, 4.69) is 21.4 Å². The van der Waals surface area contributed by atoms with Crippen molar-refractivity contribution in [3.05, 3.63) is 35.9 Å². The topological polar surface area (TPSA) is 48.8 Å². The Balaban J connectivity index is 1.44. The van der Waals surface area contributed by atoms with Crippen molar-refractivity contribution in [2.24, 2.45) is 0 Å². The molecule has 1 aromatic heterocycles. The lowest BCUT2D eigenvalue weighted by molar-refractivity contribution is 0.0482. The van der Waals surface area contributed by atoms with E-state index in [-0.39, 0.29) is 0 Å². The fourth-order valence-corrected chi connectivity index (χ4v) is 3.80. The molecule has 0 amide bonds. The summed E-state index contributed by atoms with van der Waals surface area (Å²) in [4.78, 5) is 9.14. The molecule has 1 N–H and O–H groups in total. The first kappa shape index (κ1) is 17.4. The fraction of sp³-hybridized carbons (Fsp3) is 0.500. The Bertz CT molecular complexity index is 680. The summed E-state index contributed by atoms with van der Waals surface area (Å²) < 4.78 is 6.92. The van der Waals surface area contributed by atoms with Gasteiger partial charge in [-0.2, -0.15) is 0 Å². The van der Waals surface area contributed by atoms with E-state index in [9.17, 15) is 5.11 Å². The van der Waals surface area contributed by atoms with Gasteiger partial charge in [0.05, 0.1) is 15.2 Å². The third-order valence-corrected chi connectivity index (χ3v) is 5.18. The zero-order chi connectivity index (χ0) is 16.9. The van der Waals surface area contributed by atoms with Crippen molar-refractivity contribution in [3.8, 4) is 5.75 Å². The van der Waals surface area contributed by atoms with E-state index in [1.54, 1.807) is 11.3 Å². The summed E-state index contributed by atoms with van der Waals surface area (Å²) in [5, 5.41) is 11.3. The number of fused-ring (bicyclic) bond motifs is 1. The van der Waals surface area contributed by atoms with Crippen LogP contribution in [0.25, 0.3) is 10.2 Å². The molecule has 1 saturated heterocycles. The molecule has 0 radical (unpaired) electrons. The molecule has 1 aliphatic heterocycles. The highest BCUT2D eigenvalue weighted by molar-refractivity contribution is 7.18. The minimum atomic E-state index is -0.483. The Morgan fingerprint density at radius 1 is 1.33 bits per heavy atom. The van der Waals surface area contributed by atoms with Crippen LogP contribution in [0.3, 0.4) is 0 Å². The molecule has 0 bridgehead atoms. The molecule has 130 valence electrons. The summed E-state index contributed by atoms with van der Waals surface area (Å²) in [5.74, 6) is 0.766. The SMILES string of the molecule is C=CCN1CCN(C[C@@H](O)COc2ccc3sc(C)nc3c2)CC1. The number of aryl methyl sites for hydroxylation is 1. The second-order valence-electron chi connectivity index (χ2n) is 6.22. The van der Waals surface area contributed by atoms with E-state index >= 15 is 0 Å². The molecule has 3 rings (SSSR count). The maximum Gasteiger partial charge on any atom is 0.121 e. The van der Waals surface area contributed by atoms with Gasteiger partial charge in [0.15, 0.2) is 0 Å². The van der Waals surface area contributed by atoms with Gasteiger partial charge in [-0.05, 0) is 19.1 Å². The number of β-amino-alcohol motifs (C(OH)–C–C–N with tert-alkyl or cyclic N) is 1. The molecule has 6 heteroatoms. The first-order chi connectivity index (χ1) is 11.6. The van der Waals surface area contributed by atoms with Crippen molar-refractivity contribution in [1.29, 1.82) is 0 Å². The number of rotatable bonds is 7. The third-order valence-electron chi connectivity index (χ3n) is 4.23. The molecule has 5 nitrogen and oxygen atoms in total. The second-order valence-corrected chi connectivity index (χ2v) is 7.45. The van der Waals surface area contributed by atoms with Crippen LogP contribution in [0.4, 0.5) is 0 Å². The van der Waals surface area contributed by atoms with Gasteiger partial charge in [0.25, 0.3) is 0 Å². The molecule has 2 heterocycles. The Labute approximate surface area is 147 Å². The predicted octanol–water partition coefficient (Wildman–Crippen LogP) is 2.15. The summed E-state index contributed by atoms with van der Waals surface area (Å²) in [5.41, 5.74) is 0.961. The molecule has 0 unspecified atom stereocenters. The molecule has 1 aromatic carbocycles. The standard InChI is InChI=1S/C18H25N3O2S/c1-3-6-20-7-9-21(10-8-20)12-15(22)13-23-16-4-5-18-17(11-16)19-14(2)24-18/h3-5,11,15,22H,1,6-10,12-13H2,2H3/t15-/m1/s1. The van der Waals surface area contributed by atoms with Crippen LogP contribution >= 0.6 is 11.3 Å². The quantitative estimate of drug-likeness (QED) is 0.778. The Hall–Kier alpha value is -1.47. The first-order valence-corrected chi connectivity index (χ1v) is 9.19. The minimum absolute atomic E-state index is 0.307. The van der Waals surface area contributed by atoms with Crippen molar-refractivity contribution in [1.82, 2.24) is 14.8 Å². The van der Waals surface area contributed by atoms with Crippen LogP contribution in [0.1, 0.15) is 5.01 Å². The summed E-state index contributed by atoms with van der Waals surface area (Å²) in [6.45, 7) is 11.7. The largest absolute Gasteiger partial charge is 0.491 e. The molecule has 2 aromatic rings. The number of piperazine rings is 1. The predicted molar refractivity (Wildman–Crippen MR) is 98.9 cm³/mol. The Morgan fingerprint density at radius 2 is 2.08 bits per heavy atom. The number of benzene rings is 1. The van der Waals surface area contributed by atoms with E-state index in [0.717, 1.165) is 53.7 Å². The van der Waals surface area contributed by atoms with E-state index in [1.807, 2.05) is 31.2 Å². The number of thiazole rings is 1. The van der Waals surface area contributed by atoms with E-state index in [0.29, 0.717) is 13.2 Å². The molecule has 0 aliphatic carbocycles. The van der Waals surface area contributed by atoms with Gasteiger partial charge in [0.1, 0.15) is 18.5 Å². The average Bonchev–Trinajstić information content (AvgIpc) is 2.94. The van der Waals surface area contributed by atoms with Gasteiger partial charge >= 0.3 is 0 Å². The smallest absolute Gasteiger partial charge is 0.121 e. The normalized spacial score (nSPS) is 17.9. The molecule has 0 spiro atoms. The number of aromatic nitrogens is 1. The lowest BCUT2D eigenvalue weighted by Gasteiger charge is -2.35. The first-order valence-electron chi connectivity index (χ1n) is 8.37. The van der Waals surface area contributed by atoms with Crippen molar-refractivity contribution in [2.75, 3.05) is 45.9 Å². The molecule has 1 aliphatic rings. The van der Waals surface area contributed by atoms with Crippen LogP contribution in [-0.2, 0) is 0 Å². The zero-order valence-electron chi connectivity index (χ0n) is 14.1. The van der Waals surface area contributed by atoms with Gasteiger partial charge in [-0.25, -0.2) is 4.98 Å². The average molecular weight is 347 g/mol. The number of hydrogen-bond donors (Lipinski definition) is 1. The van der Waals surface area contributed by atoms with Crippen LogP contribution in [-0.4, -0.2) is 71.9 Å². The van der Waals surface area contributed by atoms with Gasteiger partial charge in [-0.1, -0.05) is 6.08 Å². The van der Waals surface area contributed by atoms with Crippen LogP contribution < -0.4 is 4.74 Å². The minimum Gasteiger partial charge on any atom is -0.491 e. The van der Waals surface area contributed by atoms with Crippen LogP contribution in [0, 0.1) is 6.92 Å². The molecular formula is C18H25N3O2S. The molecule has 24 heavy (non-hydrogen) atoms. The summed E-state index contributed by atoms with van der Waals surface area (Å²) in [7, 11) is 0. The van der Waals surface area contributed by atoms with Crippen LogP contribution in [0.5, 0.6) is 5.75 Å². The number of hydrogen-bond acceptors (Lipinski definition) is 6. The Morgan fingerprint density at radius 3 is 2.83 bits per heavy atom. The summed E-state index contributed by atoms with van der Waals surface area (Å²) in [6.07, 6.45) is 1.46. The van der Waals surface area contributed by atoms with Crippen LogP contribution in [0.2, 0.25) is 0 Å². The van der Waals surface area contributed by atoms with Crippen molar-refractivity contribution >= 4 is 21.6 Å². The lowest BCUT2D eigenvalue weighted by atomic mass is 10.2. The highest BCUT2D eigenvalue weighted by atomic mass is 32.1. The van der Waals surface area contributed by atoms with Gasteiger partial charge in [0, 0.05) is 45.3 Å². The van der Waals surface area contributed by atoms with Crippen molar-refractivity contribution in [3.63, 3.8) is 0 Å². The second kappa shape index (κ2) is 8.07. The number of ether oxygens (including phenoxy) is 1. The van der Waals surface area contributed by atoms with Gasteiger partial charge < -0.3 is 9.84 Å². The number of aliphatic hydroxyl groups is 1. The van der Waals surface area contributed by atoms with E-state index < -0.39 is 6.10 Å². The molecule has 1 atom stereocenters. The van der Waals surface area contributed by atoms with Crippen molar-refractivity contribution < 1.29 is 9.84 Å². The third kappa shape index (κ3) is 4.54. The molecule has 1 fully saturated rings. The zero-order valence-corrected chi connectivity index (χ0v) is 15.0. The Kier molecular flexibility index (Phi) is 5.84. The van der Waals surface area contributed by atoms with E-state index in [4.69, 9.17) is 4.74 Å². The van der Waals surface area contributed by atoms with Crippen LogP contribution in [0.15, 0.2) is 30.9 Å². The summed E-state index contributed by atoms with van der Waals surface area (Å²) >= 11 is 1.68. The maximum atomic E-state index is 10.2. The molecular weight excluding hydrogens is 322 g/mol. The monoisotopic (exact) mass is 347 g/mol. The summed E-state index contributed by atoms with van der Waals surface area (Å²) in [6, 6.07) is 5.92. The van der Waals surface area contributed by atoms with E-state index in [1.165, 1.54) is 0 Å². The van der Waals surface area contributed by atoms with Crippen molar-refractivity contribution in [2.45, 2.75) is 13.0 Å². The van der Waals surface area contributed by atoms with Gasteiger partial charge in [-0.15, -0.1) is 17.9 Å². The highest BCUT2D eigenvalue weighted by Gasteiger charge is 2.18. The molecule has 0 saturated carbocycles. The number of aliphatic hydroxyl groups excluding tert-OH is 1. The highest BCUT2D eigenvalue weighted by Crippen LogP contribution is 2.25. The fourth-order valence-electron chi connectivity index (χ4n) is 2.99. The number of nitrogens with zero attached hydrogens (tertiary/aromatic N) is 3. The maximum absolute atomic E-state index is 10.2. The lowest BCUT2D eigenvalue weighted by Crippen LogP contribution is -2.49. The van der Waals surface area contributed by atoms with Gasteiger partial charge in [-0.3, -0.25) is 9.80 Å². The van der Waals surface area contributed by atoms with Gasteiger partial charge in [0.2, 0.25) is 0 Å².